The molecule has 1 aromatic heterocycles. The van der Waals surface area contributed by atoms with Crippen LogP contribution in [0.4, 0.5) is 5.82 Å². The van der Waals surface area contributed by atoms with Crippen LogP contribution in [0.1, 0.15) is 29.6 Å². The van der Waals surface area contributed by atoms with Gasteiger partial charge >= 0.3 is 0 Å². The van der Waals surface area contributed by atoms with Crippen LogP contribution >= 0.6 is 0 Å². The monoisotopic (exact) mass is 305 g/mol. The zero-order valence-corrected chi connectivity index (χ0v) is 12.9. The summed E-state index contributed by atoms with van der Waals surface area (Å²) in [5.74, 6) is 0.141. The van der Waals surface area contributed by atoms with Gasteiger partial charge in [0, 0.05) is 32.4 Å². The Morgan fingerprint density at radius 3 is 2.91 bits per heavy atom. The van der Waals surface area contributed by atoms with E-state index < -0.39 is 0 Å². The summed E-state index contributed by atoms with van der Waals surface area (Å²) < 4.78 is 5.48. The van der Waals surface area contributed by atoms with Crippen LogP contribution in [0.5, 0.6) is 0 Å². The standard InChI is InChI=1S/C15H23N5O2/c1-22-12-6-11(8-19-4-2-3-5-19)20(9-12)15(21)13-7-17-10-18-14(13)16/h7,10-12H,2-6,8-9H2,1H3,(H2,16,17,18)/t11-,12-/m0/s1. The average molecular weight is 305 g/mol. The summed E-state index contributed by atoms with van der Waals surface area (Å²) >= 11 is 0. The molecule has 22 heavy (non-hydrogen) atoms. The first-order valence-electron chi connectivity index (χ1n) is 7.80. The molecular weight excluding hydrogens is 282 g/mol. The lowest BCUT2D eigenvalue weighted by molar-refractivity contribution is 0.0670. The van der Waals surface area contributed by atoms with E-state index in [1.165, 1.54) is 25.4 Å². The minimum atomic E-state index is -0.0955. The van der Waals surface area contributed by atoms with Crippen molar-refractivity contribution in [2.75, 3.05) is 39.0 Å². The highest BCUT2D eigenvalue weighted by Crippen LogP contribution is 2.25. The molecule has 2 saturated heterocycles. The Hall–Kier alpha value is -1.73. The molecule has 2 fully saturated rings. The molecule has 2 aliphatic heterocycles. The van der Waals surface area contributed by atoms with E-state index in [0.717, 1.165) is 26.1 Å². The van der Waals surface area contributed by atoms with Gasteiger partial charge in [-0.05, 0) is 32.4 Å². The first-order valence-corrected chi connectivity index (χ1v) is 7.80. The molecule has 2 aliphatic rings. The minimum Gasteiger partial charge on any atom is -0.383 e. The van der Waals surface area contributed by atoms with Crippen LogP contribution in [0.25, 0.3) is 0 Å². The van der Waals surface area contributed by atoms with Gasteiger partial charge in [-0.15, -0.1) is 0 Å². The smallest absolute Gasteiger partial charge is 0.259 e. The van der Waals surface area contributed by atoms with Crippen LogP contribution in [0.2, 0.25) is 0 Å². The SMILES string of the molecule is CO[C@H]1C[C@@H](CN2CCCC2)N(C(=O)c2cncnc2N)C1. The molecule has 7 nitrogen and oxygen atoms in total. The zero-order valence-electron chi connectivity index (χ0n) is 12.9. The zero-order chi connectivity index (χ0) is 15.5. The fourth-order valence-electron chi connectivity index (χ4n) is 3.39. The second kappa shape index (κ2) is 6.58. The lowest BCUT2D eigenvalue weighted by Gasteiger charge is -2.28. The van der Waals surface area contributed by atoms with E-state index in [9.17, 15) is 4.79 Å². The number of amides is 1. The van der Waals surface area contributed by atoms with Crippen molar-refractivity contribution < 1.29 is 9.53 Å². The van der Waals surface area contributed by atoms with Crippen molar-refractivity contribution >= 4 is 11.7 Å². The molecule has 3 heterocycles. The van der Waals surface area contributed by atoms with Gasteiger partial charge in [-0.1, -0.05) is 0 Å². The maximum absolute atomic E-state index is 12.8. The van der Waals surface area contributed by atoms with Gasteiger partial charge in [0.2, 0.25) is 0 Å². The molecule has 3 rings (SSSR count). The Balaban J connectivity index is 1.76. The van der Waals surface area contributed by atoms with Crippen molar-refractivity contribution in [3.05, 3.63) is 18.1 Å². The summed E-state index contributed by atoms with van der Waals surface area (Å²) in [6.45, 7) is 3.74. The van der Waals surface area contributed by atoms with Gasteiger partial charge < -0.3 is 20.3 Å². The van der Waals surface area contributed by atoms with Gasteiger partial charge in [-0.2, -0.15) is 0 Å². The molecule has 2 atom stereocenters. The van der Waals surface area contributed by atoms with Gasteiger partial charge in [-0.25, -0.2) is 9.97 Å². The topological polar surface area (TPSA) is 84.6 Å². The number of nitrogens with two attached hydrogens (primary N) is 1. The molecular formula is C15H23N5O2. The van der Waals surface area contributed by atoms with Crippen LogP contribution in [0.15, 0.2) is 12.5 Å². The quantitative estimate of drug-likeness (QED) is 0.866. The van der Waals surface area contributed by atoms with Crippen molar-refractivity contribution in [1.29, 1.82) is 0 Å². The van der Waals surface area contributed by atoms with E-state index in [-0.39, 0.29) is 23.9 Å². The van der Waals surface area contributed by atoms with Crippen LogP contribution < -0.4 is 5.73 Å². The minimum absolute atomic E-state index is 0.0856. The number of aromatic nitrogens is 2. The lowest BCUT2D eigenvalue weighted by atomic mass is 10.1. The Morgan fingerprint density at radius 1 is 1.45 bits per heavy atom. The predicted molar refractivity (Wildman–Crippen MR) is 82.4 cm³/mol. The molecule has 0 aliphatic carbocycles. The number of methoxy groups -OCH3 is 1. The van der Waals surface area contributed by atoms with Gasteiger partial charge in [0.15, 0.2) is 0 Å². The fourth-order valence-corrected chi connectivity index (χ4v) is 3.39. The van der Waals surface area contributed by atoms with Gasteiger partial charge in [0.25, 0.3) is 5.91 Å². The third-order valence-electron chi connectivity index (χ3n) is 4.61. The van der Waals surface area contributed by atoms with Crippen LogP contribution in [-0.2, 0) is 4.74 Å². The van der Waals surface area contributed by atoms with E-state index in [4.69, 9.17) is 10.5 Å². The molecule has 2 N–H and O–H groups in total. The lowest BCUT2D eigenvalue weighted by Crippen LogP contribution is -2.43. The molecule has 0 bridgehead atoms. The number of hydrogen-bond donors (Lipinski definition) is 1. The number of ether oxygens (including phenoxy) is 1. The number of likely N-dealkylation sites (tertiary alicyclic amines) is 2. The molecule has 0 spiro atoms. The first kappa shape index (κ1) is 15.2. The maximum Gasteiger partial charge on any atom is 0.259 e. The number of carbonyl (C=O) groups excluding carboxylic acids is 1. The van der Waals surface area contributed by atoms with Crippen LogP contribution in [0, 0.1) is 0 Å². The van der Waals surface area contributed by atoms with Gasteiger partial charge in [0.1, 0.15) is 17.7 Å². The molecule has 1 amide bonds. The molecule has 0 saturated carbocycles. The highest BCUT2D eigenvalue weighted by Gasteiger charge is 2.37. The molecule has 120 valence electrons. The summed E-state index contributed by atoms with van der Waals surface area (Å²) in [4.78, 5) is 24.9. The van der Waals surface area contributed by atoms with E-state index in [1.807, 2.05) is 4.90 Å². The summed E-state index contributed by atoms with van der Waals surface area (Å²) in [5.41, 5.74) is 6.21. The van der Waals surface area contributed by atoms with Crippen molar-refractivity contribution in [1.82, 2.24) is 19.8 Å². The average Bonchev–Trinajstić information content (AvgIpc) is 3.17. The van der Waals surface area contributed by atoms with E-state index in [2.05, 4.69) is 14.9 Å². The third kappa shape index (κ3) is 3.05. The number of nitrogens with zero attached hydrogens (tertiary/aromatic N) is 4. The Morgan fingerprint density at radius 2 is 2.23 bits per heavy atom. The Kier molecular flexibility index (Phi) is 4.54. The highest BCUT2D eigenvalue weighted by molar-refractivity contribution is 5.98. The second-order valence-electron chi connectivity index (χ2n) is 6.03. The summed E-state index contributed by atoms with van der Waals surface area (Å²) in [6, 6.07) is 0.162. The van der Waals surface area contributed by atoms with Crippen LogP contribution in [0.3, 0.4) is 0 Å². The van der Waals surface area contributed by atoms with Crippen molar-refractivity contribution in [2.45, 2.75) is 31.4 Å². The van der Waals surface area contributed by atoms with E-state index >= 15 is 0 Å². The van der Waals surface area contributed by atoms with Crippen molar-refractivity contribution in [3.8, 4) is 0 Å². The molecule has 1 aromatic rings. The van der Waals surface area contributed by atoms with Crippen LogP contribution in [-0.4, -0.2) is 71.1 Å². The molecule has 7 heteroatoms. The third-order valence-corrected chi connectivity index (χ3v) is 4.61. The first-order chi connectivity index (χ1) is 10.7. The van der Waals surface area contributed by atoms with Gasteiger partial charge in [-0.3, -0.25) is 4.79 Å². The Labute approximate surface area is 130 Å². The molecule has 0 unspecified atom stereocenters. The number of anilines is 1. The fraction of sp³-hybridized carbons (Fsp3) is 0.667. The second-order valence-corrected chi connectivity index (χ2v) is 6.03. The Bertz CT molecular complexity index is 532. The number of nitrogen functional groups attached to an aromatic ring is 1. The van der Waals surface area contributed by atoms with Gasteiger partial charge in [0.05, 0.1) is 6.10 Å². The summed E-state index contributed by atoms with van der Waals surface area (Å²) in [6.07, 6.45) is 6.30. The number of rotatable bonds is 4. The predicted octanol–water partition coefficient (Wildman–Crippen LogP) is 0.384. The van der Waals surface area contributed by atoms with E-state index in [1.54, 1.807) is 7.11 Å². The summed E-state index contributed by atoms with van der Waals surface area (Å²) in [5, 5.41) is 0. The maximum atomic E-state index is 12.8. The number of carbonyl (C=O) groups is 1. The summed E-state index contributed by atoms with van der Waals surface area (Å²) in [7, 11) is 1.70. The number of hydrogen-bond acceptors (Lipinski definition) is 6. The largest absolute Gasteiger partial charge is 0.383 e. The highest BCUT2D eigenvalue weighted by atomic mass is 16.5. The van der Waals surface area contributed by atoms with Crippen molar-refractivity contribution in [2.24, 2.45) is 0 Å². The van der Waals surface area contributed by atoms with Crippen molar-refractivity contribution in [3.63, 3.8) is 0 Å². The molecule has 0 aromatic carbocycles. The normalized spacial score (nSPS) is 25.8. The van der Waals surface area contributed by atoms with E-state index in [0.29, 0.717) is 12.1 Å². The molecule has 0 radical (unpaired) electrons.